The fraction of sp³-hybridized carbons (Fsp3) is 0.417. The Hall–Kier alpha value is -1.55. The summed E-state index contributed by atoms with van der Waals surface area (Å²) in [6.07, 6.45) is 4.21. The maximum absolute atomic E-state index is 10.9. The third-order valence-electron chi connectivity index (χ3n) is 3.22. The fourth-order valence-corrected chi connectivity index (χ4v) is 2.43. The zero-order valence-corrected chi connectivity index (χ0v) is 9.20. The van der Waals surface area contributed by atoms with E-state index in [-0.39, 0.29) is 5.54 Å². The first-order chi connectivity index (χ1) is 7.62. The third-order valence-corrected chi connectivity index (χ3v) is 3.22. The first-order valence-corrected chi connectivity index (χ1v) is 5.57. The van der Waals surface area contributed by atoms with Crippen molar-refractivity contribution in [3.05, 3.63) is 29.8 Å². The summed E-state index contributed by atoms with van der Waals surface area (Å²) in [5, 5.41) is 2.63. The monoisotopic (exact) mass is 219 g/mol. The van der Waals surface area contributed by atoms with Crippen LogP contribution in [0, 0.1) is 0 Å². The molecule has 1 aliphatic rings. The molecule has 86 valence electrons. The van der Waals surface area contributed by atoms with Crippen molar-refractivity contribution in [3.63, 3.8) is 0 Å². The molecular formula is C12H17N3O. The normalized spacial score (nSPS) is 18.3. The summed E-state index contributed by atoms with van der Waals surface area (Å²) < 4.78 is 0. The summed E-state index contributed by atoms with van der Waals surface area (Å²) in [4.78, 5) is 10.9. The van der Waals surface area contributed by atoms with Crippen molar-refractivity contribution in [2.24, 2.45) is 11.5 Å². The number of amides is 2. The van der Waals surface area contributed by atoms with Crippen LogP contribution in [0.2, 0.25) is 0 Å². The number of anilines is 1. The highest BCUT2D eigenvalue weighted by molar-refractivity contribution is 5.89. The number of hydrogen-bond acceptors (Lipinski definition) is 2. The molecule has 0 radical (unpaired) electrons. The number of carbonyl (C=O) groups excluding carboxylic acids is 1. The Balaban J connectivity index is 2.35. The second kappa shape index (κ2) is 4.14. The molecule has 2 amide bonds. The first-order valence-electron chi connectivity index (χ1n) is 5.57. The van der Waals surface area contributed by atoms with E-state index >= 15 is 0 Å². The summed E-state index contributed by atoms with van der Waals surface area (Å²) in [6, 6.07) is 7.07. The molecule has 1 aromatic carbocycles. The van der Waals surface area contributed by atoms with Crippen LogP contribution < -0.4 is 16.8 Å². The van der Waals surface area contributed by atoms with Gasteiger partial charge in [0, 0.05) is 11.2 Å². The van der Waals surface area contributed by atoms with E-state index in [2.05, 4.69) is 5.32 Å². The van der Waals surface area contributed by atoms with Gasteiger partial charge in [-0.05, 0) is 24.5 Å². The van der Waals surface area contributed by atoms with Crippen molar-refractivity contribution >= 4 is 11.7 Å². The van der Waals surface area contributed by atoms with Crippen molar-refractivity contribution in [2.45, 2.75) is 31.2 Å². The predicted octanol–water partition coefficient (Wildman–Crippen LogP) is 1.91. The van der Waals surface area contributed by atoms with Crippen LogP contribution >= 0.6 is 0 Å². The summed E-state index contributed by atoms with van der Waals surface area (Å²) >= 11 is 0. The first kappa shape index (κ1) is 11.0. The van der Waals surface area contributed by atoms with Gasteiger partial charge in [0.25, 0.3) is 0 Å². The van der Waals surface area contributed by atoms with Gasteiger partial charge in [0.05, 0.1) is 0 Å². The summed E-state index contributed by atoms with van der Waals surface area (Å²) in [7, 11) is 0. The highest BCUT2D eigenvalue weighted by atomic mass is 16.2. The lowest BCUT2D eigenvalue weighted by atomic mass is 9.88. The lowest BCUT2D eigenvalue weighted by molar-refractivity contribution is 0.259. The van der Waals surface area contributed by atoms with Crippen LogP contribution in [0.15, 0.2) is 24.3 Å². The summed E-state index contributed by atoms with van der Waals surface area (Å²) in [5.41, 5.74) is 12.9. The molecule has 0 unspecified atom stereocenters. The van der Waals surface area contributed by atoms with Crippen molar-refractivity contribution in [1.29, 1.82) is 0 Å². The number of para-hydroxylation sites is 1. The van der Waals surface area contributed by atoms with Gasteiger partial charge in [-0.3, -0.25) is 0 Å². The average molecular weight is 219 g/mol. The maximum atomic E-state index is 10.9. The molecule has 1 fully saturated rings. The van der Waals surface area contributed by atoms with E-state index < -0.39 is 6.03 Å². The molecule has 0 heterocycles. The van der Waals surface area contributed by atoms with E-state index in [0.29, 0.717) is 0 Å². The van der Waals surface area contributed by atoms with E-state index in [4.69, 9.17) is 11.5 Å². The Morgan fingerprint density at radius 1 is 1.25 bits per heavy atom. The van der Waals surface area contributed by atoms with Crippen LogP contribution in [0.3, 0.4) is 0 Å². The molecule has 5 N–H and O–H groups in total. The van der Waals surface area contributed by atoms with E-state index in [9.17, 15) is 4.79 Å². The maximum Gasteiger partial charge on any atom is 0.316 e. The highest BCUT2D eigenvalue weighted by Gasteiger charge is 2.33. The number of rotatable bonds is 2. The predicted molar refractivity (Wildman–Crippen MR) is 64.0 cm³/mol. The van der Waals surface area contributed by atoms with Gasteiger partial charge in [-0.1, -0.05) is 31.0 Å². The van der Waals surface area contributed by atoms with E-state index in [1.807, 2.05) is 24.3 Å². The minimum Gasteiger partial charge on any atom is -0.351 e. The summed E-state index contributed by atoms with van der Waals surface area (Å²) in [6.45, 7) is 0. The largest absolute Gasteiger partial charge is 0.351 e. The standard InChI is InChI=1S/C12H17N3O/c13-11(16)15-10-6-2-1-5-9(10)12(14)7-3-4-8-12/h1-2,5-6H,3-4,7-8,14H2,(H3,13,15,16). The molecule has 0 aromatic heterocycles. The van der Waals surface area contributed by atoms with Crippen LogP contribution in [0.4, 0.5) is 10.5 Å². The number of nitrogens with one attached hydrogen (secondary N) is 1. The van der Waals surface area contributed by atoms with Gasteiger partial charge in [-0.25, -0.2) is 4.79 Å². The lowest BCUT2D eigenvalue weighted by Crippen LogP contribution is -2.34. The van der Waals surface area contributed by atoms with Crippen molar-refractivity contribution in [3.8, 4) is 0 Å². The molecule has 4 heteroatoms. The number of carbonyl (C=O) groups is 1. The number of benzene rings is 1. The third kappa shape index (κ3) is 2.02. The molecule has 1 aliphatic carbocycles. The van der Waals surface area contributed by atoms with Crippen molar-refractivity contribution in [2.75, 3.05) is 5.32 Å². The highest BCUT2D eigenvalue weighted by Crippen LogP contribution is 2.39. The van der Waals surface area contributed by atoms with Gasteiger partial charge >= 0.3 is 6.03 Å². The number of hydrogen-bond donors (Lipinski definition) is 3. The number of urea groups is 1. The lowest BCUT2D eigenvalue weighted by Gasteiger charge is -2.26. The van der Waals surface area contributed by atoms with E-state index in [0.717, 1.165) is 36.9 Å². The molecule has 0 spiro atoms. The molecule has 0 bridgehead atoms. The Morgan fingerprint density at radius 3 is 2.50 bits per heavy atom. The topological polar surface area (TPSA) is 81.1 Å². The van der Waals surface area contributed by atoms with Gasteiger partial charge in [0.2, 0.25) is 0 Å². The summed E-state index contributed by atoms with van der Waals surface area (Å²) in [5.74, 6) is 0. The quantitative estimate of drug-likeness (QED) is 0.710. The van der Waals surface area contributed by atoms with Gasteiger partial charge in [-0.2, -0.15) is 0 Å². The van der Waals surface area contributed by atoms with Crippen molar-refractivity contribution in [1.82, 2.24) is 0 Å². The fourth-order valence-electron chi connectivity index (χ4n) is 2.43. The van der Waals surface area contributed by atoms with Crippen LogP contribution in [0.25, 0.3) is 0 Å². The molecule has 4 nitrogen and oxygen atoms in total. The zero-order valence-electron chi connectivity index (χ0n) is 9.20. The van der Waals surface area contributed by atoms with Crippen LogP contribution in [-0.4, -0.2) is 6.03 Å². The molecule has 0 saturated heterocycles. The molecule has 0 atom stereocenters. The number of nitrogens with two attached hydrogens (primary N) is 2. The van der Waals surface area contributed by atoms with Gasteiger partial charge < -0.3 is 16.8 Å². The SMILES string of the molecule is NC(=O)Nc1ccccc1C1(N)CCCC1. The Bertz CT molecular complexity index is 397. The van der Waals surface area contributed by atoms with Crippen LogP contribution in [0.5, 0.6) is 0 Å². The Morgan fingerprint density at radius 2 is 1.88 bits per heavy atom. The smallest absolute Gasteiger partial charge is 0.316 e. The molecule has 1 aromatic rings. The minimum absolute atomic E-state index is 0.307. The molecular weight excluding hydrogens is 202 g/mol. The molecule has 2 rings (SSSR count). The molecule has 16 heavy (non-hydrogen) atoms. The zero-order chi connectivity index (χ0) is 11.6. The second-order valence-corrected chi connectivity index (χ2v) is 4.40. The average Bonchev–Trinajstić information content (AvgIpc) is 2.66. The molecule has 0 aliphatic heterocycles. The van der Waals surface area contributed by atoms with Gasteiger partial charge in [0.15, 0.2) is 0 Å². The Kier molecular flexibility index (Phi) is 2.83. The second-order valence-electron chi connectivity index (χ2n) is 4.40. The van der Waals surface area contributed by atoms with Gasteiger partial charge in [-0.15, -0.1) is 0 Å². The molecule has 1 saturated carbocycles. The Labute approximate surface area is 95.0 Å². The van der Waals surface area contributed by atoms with Crippen LogP contribution in [0.1, 0.15) is 31.2 Å². The van der Waals surface area contributed by atoms with Crippen molar-refractivity contribution < 1.29 is 4.79 Å². The van der Waals surface area contributed by atoms with Gasteiger partial charge in [0.1, 0.15) is 0 Å². The number of primary amides is 1. The van der Waals surface area contributed by atoms with E-state index in [1.165, 1.54) is 0 Å². The van der Waals surface area contributed by atoms with E-state index in [1.54, 1.807) is 0 Å². The van der Waals surface area contributed by atoms with Crippen LogP contribution in [-0.2, 0) is 5.54 Å². The minimum atomic E-state index is -0.547.